The molecule has 0 aliphatic rings. The molecular formula is C34H26. The van der Waals surface area contributed by atoms with Crippen LogP contribution in [0.1, 0.15) is 0 Å². The van der Waals surface area contributed by atoms with E-state index in [9.17, 15) is 0 Å². The molecule has 7 rings (SSSR count). The fourth-order valence-corrected chi connectivity index (χ4v) is 4.15. The number of rotatable bonds is 0. The van der Waals surface area contributed by atoms with Crippen LogP contribution in [0.15, 0.2) is 158 Å². The number of hydrogen-bond donors (Lipinski definition) is 0. The zero-order valence-corrected chi connectivity index (χ0v) is 19.0. The van der Waals surface area contributed by atoms with Gasteiger partial charge in [0.05, 0.1) is 0 Å². The zero-order chi connectivity index (χ0) is 23.0. The van der Waals surface area contributed by atoms with Gasteiger partial charge in [0.15, 0.2) is 0 Å². The number of benzene rings is 7. The molecule has 0 spiro atoms. The van der Waals surface area contributed by atoms with Gasteiger partial charge in [-0.25, -0.2) is 0 Å². The Bertz CT molecular complexity index is 1350. The summed E-state index contributed by atoms with van der Waals surface area (Å²) in [6.07, 6.45) is 0. The van der Waals surface area contributed by atoms with Gasteiger partial charge in [0, 0.05) is 0 Å². The number of fused-ring (bicyclic) bond motifs is 4. The highest BCUT2D eigenvalue weighted by Crippen LogP contribution is 2.22. The highest BCUT2D eigenvalue weighted by atomic mass is 14.0. The van der Waals surface area contributed by atoms with E-state index in [1.54, 1.807) is 0 Å². The Morgan fingerprint density at radius 1 is 0.176 bits per heavy atom. The third-order valence-electron chi connectivity index (χ3n) is 5.93. The van der Waals surface area contributed by atoms with Gasteiger partial charge in [-0.2, -0.15) is 0 Å². The van der Waals surface area contributed by atoms with Crippen molar-refractivity contribution in [3.8, 4) is 0 Å². The van der Waals surface area contributed by atoms with Crippen LogP contribution in [0.3, 0.4) is 0 Å². The van der Waals surface area contributed by atoms with Gasteiger partial charge in [0.25, 0.3) is 0 Å². The van der Waals surface area contributed by atoms with E-state index in [0.29, 0.717) is 0 Å². The summed E-state index contributed by atoms with van der Waals surface area (Å²) >= 11 is 0. The third kappa shape index (κ3) is 5.14. The second kappa shape index (κ2) is 10.5. The normalized spacial score (nSPS) is 10.4. The van der Waals surface area contributed by atoms with Crippen LogP contribution >= 0.6 is 0 Å². The lowest BCUT2D eigenvalue weighted by Gasteiger charge is -2.00. The first-order chi connectivity index (χ1) is 16.9. The second-order valence-electron chi connectivity index (χ2n) is 8.24. The third-order valence-corrected chi connectivity index (χ3v) is 5.93. The molecule has 0 heteroatoms. The van der Waals surface area contributed by atoms with Gasteiger partial charge in [0.1, 0.15) is 0 Å². The molecular weight excluding hydrogens is 408 g/mol. The maximum Gasteiger partial charge on any atom is -0.0178 e. The summed E-state index contributed by atoms with van der Waals surface area (Å²) in [5.74, 6) is 0. The Hall–Kier alpha value is -4.42. The summed E-state index contributed by atoms with van der Waals surface area (Å²) in [5.41, 5.74) is 0. The van der Waals surface area contributed by atoms with Gasteiger partial charge in [-0.05, 0) is 55.2 Å². The van der Waals surface area contributed by atoms with Gasteiger partial charge in [-0.15, -0.1) is 0 Å². The molecule has 0 nitrogen and oxygen atoms in total. The first-order valence-corrected chi connectivity index (χ1v) is 11.6. The standard InChI is InChI=1S/C14H10.2C10H8/c1-2-6-12-10-14-8-4-3-7-13(14)9-11(12)5-1;2*1-2-6-10-8-4-3-7-9(10)5-1/h1-10H;2*1-8H. The van der Waals surface area contributed by atoms with Crippen LogP contribution in [0.4, 0.5) is 0 Å². The van der Waals surface area contributed by atoms with Crippen molar-refractivity contribution in [1.29, 1.82) is 0 Å². The van der Waals surface area contributed by atoms with Crippen molar-refractivity contribution in [2.75, 3.05) is 0 Å². The molecule has 0 aliphatic heterocycles. The summed E-state index contributed by atoms with van der Waals surface area (Å²) in [6, 6.07) is 54.8. The topological polar surface area (TPSA) is 0 Å². The predicted molar refractivity (Wildman–Crippen MR) is 149 cm³/mol. The van der Waals surface area contributed by atoms with Crippen LogP contribution in [0.5, 0.6) is 0 Å². The molecule has 0 aliphatic carbocycles. The van der Waals surface area contributed by atoms with Crippen LogP contribution in [-0.4, -0.2) is 0 Å². The Morgan fingerprint density at radius 3 is 0.500 bits per heavy atom. The van der Waals surface area contributed by atoms with Gasteiger partial charge in [-0.1, -0.05) is 146 Å². The van der Waals surface area contributed by atoms with Crippen LogP contribution in [0, 0.1) is 0 Å². The molecule has 0 radical (unpaired) electrons. The minimum absolute atomic E-state index is 1.31. The SMILES string of the molecule is c1ccc2cc3ccccc3cc2c1.c1ccc2ccccc2c1.c1ccc2ccccc2c1. The molecule has 0 aromatic heterocycles. The first kappa shape index (κ1) is 21.4. The molecule has 0 atom stereocenters. The lowest BCUT2D eigenvalue weighted by molar-refractivity contribution is 1.75. The molecule has 0 saturated carbocycles. The highest BCUT2D eigenvalue weighted by Gasteiger charge is 1.95. The van der Waals surface area contributed by atoms with E-state index in [0.717, 1.165) is 0 Å². The van der Waals surface area contributed by atoms with E-state index in [4.69, 9.17) is 0 Å². The van der Waals surface area contributed by atoms with Gasteiger partial charge >= 0.3 is 0 Å². The Labute approximate surface area is 200 Å². The molecule has 0 fully saturated rings. The minimum Gasteiger partial charge on any atom is -0.0616 e. The largest absolute Gasteiger partial charge is 0.0616 e. The van der Waals surface area contributed by atoms with E-state index in [2.05, 4.69) is 158 Å². The lowest BCUT2D eigenvalue weighted by atomic mass is 10.0. The smallest absolute Gasteiger partial charge is 0.0178 e. The quantitative estimate of drug-likeness (QED) is 0.208. The van der Waals surface area contributed by atoms with Crippen molar-refractivity contribution in [1.82, 2.24) is 0 Å². The molecule has 0 heterocycles. The van der Waals surface area contributed by atoms with Crippen LogP contribution in [-0.2, 0) is 0 Å². The van der Waals surface area contributed by atoms with E-state index >= 15 is 0 Å². The van der Waals surface area contributed by atoms with Crippen molar-refractivity contribution in [2.45, 2.75) is 0 Å². The molecule has 162 valence electrons. The molecule has 0 amide bonds. The first-order valence-electron chi connectivity index (χ1n) is 11.6. The lowest BCUT2D eigenvalue weighted by Crippen LogP contribution is -1.74. The Kier molecular flexibility index (Phi) is 6.59. The Morgan fingerprint density at radius 2 is 0.324 bits per heavy atom. The van der Waals surface area contributed by atoms with Crippen molar-refractivity contribution in [3.63, 3.8) is 0 Å². The van der Waals surface area contributed by atoms with Crippen LogP contribution < -0.4 is 0 Å². The minimum atomic E-state index is 1.31. The fraction of sp³-hybridized carbons (Fsp3) is 0. The summed E-state index contributed by atoms with van der Waals surface area (Å²) in [7, 11) is 0. The highest BCUT2D eigenvalue weighted by molar-refractivity contribution is 5.98. The molecule has 0 unspecified atom stereocenters. The molecule has 7 aromatic rings. The molecule has 0 N–H and O–H groups in total. The van der Waals surface area contributed by atoms with Gasteiger partial charge in [0.2, 0.25) is 0 Å². The maximum absolute atomic E-state index is 2.24. The summed E-state index contributed by atoms with van der Waals surface area (Å²) in [5, 5.41) is 10.5. The summed E-state index contributed by atoms with van der Waals surface area (Å²) in [4.78, 5) is 0. The van der Waals surface area contributed by atoms with E-state index in [-0.39, 0.29) is 0 Å². The van der Waals surface area contributed by atoms with Crippen LogP contribution in [0.25, 0.3) is 43.1 Å². The second-order valence-corrected chi connectivity index (χ2v) is 8.24. The fourth-order valence-electron chi connectivity index (χ4n) is 4.15. The van der Waals surface area contributed by atoms with Crippen LogP contribution in [0.2, 0.25) is 0 Å². The van der Waals surface area contributed by atoms with E-state index in [1.807, 2.05) is 0 Å². The van der Waals surface area contributed by atoms with E-state index < -0.39 is 0 Å². The summed E-state index contributed by atoms with van der Waals surface area (Å²) in [6.45, 7) is 0. The molecule has 34 heavy (non-hydrogen) atoms. The summed E-state index contributed by atoms with van der Waals surface area (Å²) < 4.78 is 0. The molecule has 7 aromatic carbocycles. The zero-order valence-electron chi connectivity index (χ0n) is 19.0. The van der Waals surface area contributed by atoms with Crippen molar-refractivity contribution in [3.05, 3.63) is 158 Å². The van der Waals surface area contributed by atoms with Crippen molar-refractivity contribution in [2.24, 2.45) is 0 Å². The van der Waals surface area contributed by atoms with E-state index in [1.165, 1.54) is 43.1 Å². The molecule has 0 bridgehead atoms. The predicted octanol–water partition coefficient (Wildman–Crippen LogP) is 9.67. The van der Waals surface area contributed by atoms with Crippen molar-refractivity contribution >= 4 is 43.1 Å². The number of hydrogen-bond acceptors (Lipinski definition) is 0. The molecule has 0 saturated heterocycles. The maximum atomic E-state index is 2.24. The Balaban J connectivity index is 0.000000109. The van der Waals surface area contributed by atoms with Gasteiger partial charge in [-0.3, -0.25) is 0 Å². The van der Waals surface area contributed by atoms with Crippen molar-refractivity contribution < 1.29 is 0 Å². The average molecular weight is 435 g/mol. The average Bonchev–Trinajstić information content (AvgIpc) is 2.93. The van der Waals surface area contributed by atoms with Gasteiger partial charge < -0.3 is 0 Å². The monoisotopic (exact) mass is 434 g/mol.